The number of nitrogens with one attached hydrogen (secondary N) is 1. The summed E-state index contributed by atoms with van der Waals surface area (Å²) in [7, 11) is 1.75. The number of hydrogen-bond donors (Lipinski definition) is 1. The van der Waals surface area contributed by atoms with Crippen LogP contribution in [0.3, 0.4) is 0 Å². The summed E-state index contributed by atoms with van der Waals surface area (Å²) < 4.78 is 5.45. The normalized spacial score (nSPS) is 17.9. The lowest BCUT2D eigenvalue weighted by Gasteiger charge is -2.22. The fourth-order valence-corrected chi connectivity index (χ4v) is 3.93. The molecule has 1 aliphatic carbocycles. The van der Waals surface area contributed by atoms with E-state index in [0.29, 0.717) is 31.3 Å². The van der Waals surface area contributed by atoms with E-state index < -0.39 is 0 Å². The van der Waals surface area contributed by atoms with E-state index in [-0.39, 0.29) is 30.1 Å². The summed E-state index contributed by atoms with van der Waals surface area (Å²) in [5.41, 5.74) is 2.34. The molecule has 32 heavy (non-hydrogen) atoms. The maximum absolute atomic E-state index is 13.0. The van der Waals surface area contributed by atoms with Gasteiger partial charge in [-0.25, -0.2) is 0 Å². The molecule has 7 heteroatoms. The Morgan fingerprint density at radius 3 is 2.41 bits per heavy atom. The monoisotopic (exact) mass is 435 g/mol. The molecule has 7 nitrogen and oxygen atoms in total. The van der Waals surface area contributed by atoms with Gasteiger partial charge in [-0.1, -0.05) is 12.1 Å². The maximum atomic E-state index is 13.0. The number of ether oxygens (including phenoxy) is 1. The first-order valence-electron chi connectivity index (χ1n) is 11.1. The van der Waals surface area contributed by atoms with E-state index in [1.54, 1.807) is 29.0 Å². The van der Waals surface area contributed by atoms with Crippen LogP contribution < -0.4 is 15.0 Å². The Balaban J connectivity index is 1.33. The molecule has 0 aromatic heterocycles. The lowest BCUT2D eigenvalue weighted by Crippen LogP contribution is -2.34. The molecule has 1 aliphatic heterocycles. The summed E-state index contributed by atoms with van der Waals surface area (Å²) in [6, 6.07) is 15.0. The Morgan fingerprint density at radius 1 is 1.09 bits per heavy atom. The standard InChI is InChI=1S/C25H29N3O4/c1-3-32-22-12-10-21(11-13-22)28-16-19(14-23(28)29)25(31)27(2)15-17-4-6-18(7-5-17)24(30)26-20-8-9-20/h4-7,10-13,19-20H,3,8-9,14-16H2,1-2H3,(H,26,30). The van der Waals surface area contributed by atoms with E-state index in [2.05, 4.69) is 5.32 Å². The number of carbonyl (C=O) groups excluding carboxylic acids is 3. The van der Waals surface area contributed by atoms with Crippen LogP contribution in [0.4, 0.5) is 5.69 Å². The average molecular weight is 436 g/mol. The second-order valence-corrected chi connectivity index (χ2v) is 8.47. The highest BCUT2D eigenvalue weighted by Crippen LogP contribution is 2.28. The van der Waals surface area contributed by atoms with Crippen LogP contribution in [-0.2, 0) is 16.1 Å². The number of rotatable bonds is 8. The Hall–Kier alpha value is -3.35. The van der Waals surface area contributed by atoms with Crippen LogP contribution in [0.2, 0.25) is 0 Å². The van der Waals surface area contributed by atoms with Crippen molar-refractivity contribution in [2.75, 3.05) is 25.1 Å². The minimum absolute atomic E-state index is 0.0491. The van der Waals surface area contributed by atoms with Crippen molar-refractivity contribution < 1.29 is 19.1 Å². The molecule has 1 unspecified atom stereocenters. The van der Waals surface area contributed by atoms with Gasteiger partial charge in [0.05, 0.1) is 12.5 Å². The number of nitrogens with zero attached hydrogens (tertiary/aromatic N) is 2. The van der Waals surface area contributed by atoms with Gasteiger partial charge in [-0.05, 0) is 61.7 Å². The van der Waals surface area contributed by atoms with Crippen LogP contribution in [0.1, 0.15) is 42.1 Å². The van der Waals surface area contributed by atoms with Crippen molar-refractivity contribution in [1.82, 2.24) is 10.2 Å². The number of amides is 3. The molecule has 2 aromatic rings. The third-order valence-electron chi connectivity index (χ3n) is 5.86. The minimum atomic E-state index is -0.373. The molecule has 3 amide bonds. The second kappa shape index (κ2) is 9.42. The van der Waals surface area contributed by atoms with Gasteiger partial charge in [-0.2, -0.15) is 0 Å². The number of carbonyl (C=O) groups is 3. The van der Waals surface area contributed by atoms with Crippen molar-refractivity contribution >= 4 is 23.4 Å². The first-order chi connectivity index (χ1) is 15.4. The van der Waals surface area contributed by atoms with Crippen LogP contribution in [0.15, 0.2) is 48.5 Å². The predicted molar refractivity (Wildman–Crippen MR) is 121 cm³/mol. The highest BCUT2D eigenvalue weighted by Gasteiger charge is 2.36. The first kappa shape index (κ1) is 21.9. The SMILES string of the molecule is CCOc1ccc(N2CC(C(=O)N(C)Cc3ccc(C(=O)NC4CC4)cc3)CC2=O)cc1. The third kappa shape index (κ3) is 5.10. The molecule has 0 spiro atoms. The van der Waals surface area contributed by atoms with Crippen molar-refractivity contribution in [3.05, 3.63) is 59.7 Å². The van der Waals surface area contributed by atoms with E-state index in [0.717, 1.165) is 29.8 Å². The highest BCUT2D eigenvalue weighted by molar-refractivity contribution is 6.00. The molecule has 1 saturated carbocycles. The summed E-state index contributed by atoms with van der Waals surface area (Å²) in [5, 5.41) is 2.97. The van der Waals surface area contributed by atoms with Gasteiger partial charge in [0.2, 0.25) is 11.8 Å². The Kier molecular flexibility index (Phi) is 6.44. The lowest BCUT2D eigenvalue weighted by molar-refractivity contribution is -0.135. The average Bonchev–Trinajstić information content (AvgIpc) is 3.53. The second-order valence-electron chi connectivity index (χ2n) is 8.47. The van der Waals surface area contributed by atoms with Crippen LogP contribution in [0, 0.1) is 5.92 Å². The van der Waals surface area contributed by atoms with Gasteiger partial charge in [0, 0.05) is 43.9 Å². The number of hydrogen-bond acceptors (Lipinski definition) is 4. The highest BCUT2D eigenvalue weighted by atomic mass is 16.5. The van der Waals surface area contributed by atoms with E-state index in [9.17, 15) is 14.4 Å². The molecule has 1 heterocycles. The zero-order chi connectivity index (χ0) is 22.7. The molecule has 0 radical (unpaired) electrons. The van der Waals surface area contributed by atoms with E-state index in [1.807, 2.05) is 43.3 Å². The molecule has 1 N–H and O–H groups in total. The predicted octanol–water partition coefficient (Wildman–Crippen LogP) is 2.99. The van der Waals surface area contributed by atoms with E-state index in [4.69, 9.17) is 4.74 Å². The zero-order valence-corrected chi connectivity index (χ0v) is 18.5. The molecule has 4 rings (SSSR count). The summed E-state index contributed by atoms with van der Waals surface area (Å²) in [6.07, 6.45) is 2.31. The molecule has 2 aromatic carbocycles. The van der Waals surface area contributed by atoms with Gasteiger partial charge in [0.15, 0.2) is 0 Å². The first-order valence-corrected chi connectivity index (χ1v) is 11.1. The summed E-state index contributed by atoms with van der Waals surface area (Å²) in [4.78, 5) is 41.0. The molecule has 1 saturated heterocycles. The lowest BCUT2D eigenvalue weighted by atomic mass is 10.1. The Labute approximate surface area is 188 Å². The smallest absolute Gasteiger partial charge is 0.251 e. The largest absolute Gasteiger partial charge is 0.494 e. The van der Waals surface area contributed by atoms with Crippen molar-refractivity contribution in [3.63, 3.8) is 0 Å². The summed E-state index contributed by atoms with van der Waals surface area (Å²) in [6.45, 7) is 3.31. The quantitative estimate of drug-likeness (QED) is 0.691. The Morgan fingerprint density at radius 2 is 1.78 bits per heavy atom. The van der Waals surface area contributed by atoms with E-state index >= 15 is 0 Å². The summed E-state index contributed by atoms with van der Waals surface area (Å²) in [5.74, 6) is 0.227. The van der Waals surface area contributed by atoms with Crippen LogP contribution >= 0.6 is 0 Å². The molecular weight excluding hydrogens is 406 g/mol. The van der Waals surface area contributed by atoms with Gasteiger partial charge >= 0.3 is 0 Å². The fourth-order valence-electron chi connectivity index (χ4n) is 3.93. The van der Waals surface area contributed by atoms with Gasteiger partial charge in [0.25, 0.3) is 5.91 Å². The third-order valence-corrected chi connectivity index (χ3v) is 5.86. The van der Waals surface area contributed by atoms with Crippen molar-refractivity contribution in [1.29, 1.82) is 0 Å². The topological polar surface area (TPSA) is 79.0 Å². The van der Waals surface area contributed by atoms with Crippen LogP contribution in [0.5, 0.6) is 5.75 Å². The van der Waals surface area contributed by atoms with Crippen molar-refractivity contribution in [3.8, 4) is 5.75 Å². The van der Waals surface area contributed by atoms with Gasteiger partial charge in [-0.15, -0.1) is 0 Å². The fraction of sp³-hybridized carbons (Fsp3) is 0.400. The minimum Gasteiger partial charge on any atom is -0.494 e. The van der Waals surface area contributed by atoms with Crippen molar-refractivity contribution in [2.45, 2.75) is 38.8 Å². The molecule has 2 aliphatic rings. The summed E-state index contributed by atoms with van der Waals surface area (Å²) >= 11 is 0. The van der Waals surface area contributed by atoms with Gasteiger partial charge < -0.3 is 19.9 Å². The van der Waals surface area contributed by atoms with Gasteiger partial charge in [-0.3, -0.25) is 14.4 Å². The maximum Gasteiger partial charge on any atom is 0.251 e. The molecule has 1 atom stereocenters. The van der Waals surface area contributed by atoms with Crippen LogP contribution in [0.25, 0.3) is 0 Å². The molecular formula is C25H29N3O4. The zero-order valence-electron chi connectivity index (χ0n) is 18.5. The van der Waals surface area contributed by atoms with E-state index in [1.165, 1.54) is 0 Å². The number of benzene rings is 2. The molecule has 168 valence electrons. The molecule has 0 bridgehead atoms. The number of anilines is 1. The van der Waals surface area contributed by atoms with Crippen LogP contribution in [-0.4, -0.2) is 48.9 Å². The Bertz CT molecular complexity index is 983. The van der Waals surface area contributed by atoms with Crippen molar-refractivity contribution in [2.24, 2.45) is 5.92 Å². The van der Waals surface area contributed by atoms with Gasteiger partial charge in [0.1, 0.15) is 5.75 Å². The molecule has 2 fully saturated rings.